The van der Waals surface area contributed by atoms with Gasteiger partial charge in [-0.1, -0.05) is 17.3 Å². The first-order valence-corrected chi connectivity index (χ1v) is 6.81. The van der Waals surface area contributed by atoms with Crippen LogP contribution in [0.25, 0.3) is 0 Å². The number of aromatic nitrogens is 2. The van der Waals surface area contributed by atoms with Crippen molar-refractivity contribution in [3.8, 4) is 11.6 Å². The number of aliphatic imine (C=N–C) groups is 1. The number of benzene rings is 1. The van der Waals surface area contributed by atoms with Gasteiger partial charge in [-0.2, -0.15) is 0 Å². The Morgan fingerprint density at radius 3 is 2.91 bits per heavy atom. The van der Waals surface area contributed by atoms with Gasteiger partial charge < -0.3 is 14.9 Å². The highest BCUT2D eigenvalue weighted by Gasteiger charge is 2.20. The lowest BCUT2D eigenvalue weighted by molar-refractivity contribution is 0.214. The molecule has 112 valence electrons. The minimum Gasteiger partial charge on any atom is -0.438 e. The first kappa shape index (κ1) is 14.0. The van der Waals surface area contributed by atoms with Crippen LogP contribution in [0.5, 0.6) is 11.6 Å². The van der Waals surface area contributed by atoms with Gasteiger partial charge in [0.2, 0.25) is 5.88 Å². The molecule has 0 atom stereocenters. The Morgan fingerprint density at radius 2 is 2.18 bits per heavy atom. The first-order valence-electron chi connectivity index (χ1n) is 6.81. The monoisotopic (exact) mass is 297 g/mol. The second-order valence-electron chi connectivity index (χ2n) is 4.43. The Hall–Kier alpha value is -2.96. The van der Waals surface area contributed by atoms with Gasteiger partial charge in [-0.3, -0.25) is 4.99 Å². The Morgan fingerprint density at radius 1 is 1.27 bits per heavy atom. The normalized spacial score (nSPS) is 14.2. The molecule has 1 aliphatic rings. The molecule has 1 aliphatic heterocycles. The molecule has 7 heteroatoms. The number of hydrogen-bond donors (Lipinski definition) is 1. The van der Waals surface area contributed by atoms with Gasteiger partial charge in [-0.15, -0.1) is 0 Å². The van der Waals surface area contributed by atoms with Crippen molar-refractivity contribution in [3.63, 3.8) is 0 Å². The van der Waals surface area contributed by atoms with Crippen molar-refractivity contribution in [1.82, 2.24) is 15.3 Å². The van der Waals surface area contributed by atoms with Gasteiger partial charge in [0.25, 0.3) is 0 Å². The highest BCUT2D eigenvalue weighted by Crippen LogP contribution is 2.24. The smallest absolute Gasteiger partial charge is 0.222 e. The second kappa shape index (κ2) is 6.66. The molecule has 2 aromatic rings. The van der Waals surface area contributed by atoms with Crippen LogP contribution in [0.2, 0.25) is 0 Å². The van der Waals surface area contributed by atoms with Crippen LogP contribution in [-0.4, -0.2) is 41.7 Å². The number of ether oxygens (including phenoxy) is 1. The van der Waals surface area contributed by atoms with Crippen LogP contribution in [0, 0.1) is 0 Å². The molecule has 0 spiro atoms. The summed E-state index contributed by atoms with van der Waals surface area (Å²) in [6.45, 7) is 1.50. The molecular formula is C15H15N5O2. The Labute approximate surface area is 127 Å². The fraction of sp³-hybridized carbons (Fsp3) is 0.200. The molecule has 1 N–H and O–H groups in total. The molecule has 0 aliphatic carbocycles. The van der Waals surface area contributed by atoms with Crippen LogP contribution in [-0.2, 0) is 4.84 Å². The largest absolute Gasteiger partial charge is 0.438 e. The average Bonchev–Trinajstić information content (AvgIpc) is 3.09. The summed E-state index contributed by atoms with van der Waals surface area (Å²) in [7, 11) is 1.50. The van der Waals surface area contributed by atoms with E-state index in [9.17, 15) is 0 Å². The maximum atomic E-state index is 5.83. The Balaban J connectivity index is 1.97. The van der Waals surface area contributed by atoms with E-state index in [1.807, 2.05) is 24.3 Å². The Kier molecular flexibility index (Phi) is 4.24. The maximum absolute atomic E-state index is 5.83. The van der Waals surface area contributed by atoms with Crippen molar-refractivity contribution in [2.24, 2.45) is 10.1 Å². The molecule has 1 aromatic carbocycles. The topological polar surface area (TPSA) is 81.0 Å². The number of rotatable bonds is 5. The van der Waals surface area contributed by atoms with Gasteiger partial charge in [0.1, 0.15) is 19.2 Å². The van der Waals surface area contributed by atoms with Gasteiger partial charge in [0.05, 0.1) is 12.1 Å². The van der Waals surface area contributed by atoms with Crippen molar-refractivity contribution >= 4 is 11.5 Å². The maximum Gasteiger partial charge on any atom is 0.222 e. The van der Waals surface area contributed by atoms with E-state index in [2.05, 4.69) is 25.4 Å². The molecule has 0 fully saturated rings. The number of nitrogens with one attached hydrogen (secondary N) is 1. The van der Waals surface area contributed by atoms with Crippen LogP contribution >= 0.6 is 0 Å². The van der Waals surface area contributed by atoms with E-state index in [-0.39, 0.29) is 0 Å². The molecule has 0 amide bonds. The van der Waals surface area contributed by atoms with E-state index in [0.717, 1.165) is 12.1 Å². The quantitative estimate of drug-likeness (QED) is 0.670. The van der Waals surface area contributed by atoms with Crippen LogP contribution in [0.1, 0.15) is 5.56 Å². The van der Waals surface area contributed by atoms with Crippen LogP contribution < -0.4 is 10.1 Å². The molecule has 22 heavy (non-hydrogen) atoms. The molecule has 0 saturated heterocycles. The minimum atomic E-state index is 0.459. The summed E-state index contributed by atoms with van der Waals surface area (Å²) in [4.78, 5) is 17.3. The molecular weight excluding hydrogens is 282 g/mol. The van der Waals surface area contributed by atoms with E-state index < -0.39 is 0 Å². The summed E-state index contributed by atoms with van der Waals surface area (Å²) in [6, 6.07) is 9.22. The lowest BCUT2D eigenvalue weighted by Gasteiger charge is -2.12. The molecule has 0 unspecified atom stereocenters. The summed E-state index contributed by atoms with van der Waals surface area (Å²) in [6.07, 6.45) is 3.06. The van der Waals surface area contributed by atoms with E-state index in [1.165, 1.54) is 13.4 Å². The number of amidine groups is 1. The fourth-order valence-corrected chi connectivity index (χ4v) is 2.07. The minimum absolute atomic E-state index is 0.459. The van der Waals surface area contributed by atoms with Gasteiger partial charge in [0, 0.05) is 18.8 Å². The molecule has 0 bridgehead atoms. The van der Waals surface area contributed by atoms with Crippen molar-refractivity contribution < 1.29 is 9.57 Å². The summed E-state index contributed by atoms with van der Waals surface area (Å²) in [5, 5.41) is 7.28. The number of oxime groups is 1. The molecule has 7 nitrogen and oxygen atoms in total. The van der Waals surface area contributed by atoms with E-state index in [1.54, 1.807) is 12.3 Å². The first-order chi connectivity index (χ1) is 10.9. The van der Waals surface area contributed by atoms with Gasteiger partial charge in [-0.05, 0) is 12.1 Å². The zero-order valence-electron chi connectivity index (χ0n) is 12.1. The summed E-state index contributed by atoms with van der Waals surface area (Å²) >= 11 is 0. The number of hydrogen-bond acceptors (Lipinski definition) is 7. The van der Waals surface area contributed by atoms with Crippen LogP contribution in [0.4, 0.5) is 0 Å². The highest BCUT2D eigenvalue weighted by atomic mass is 16.6. The van der Waals surface area contributed by atoms with Crippen molar-refractivity contribution in [3.05, 3.63) is 48.4 Å². The zero-order valence-corrected chi connectivity index (χ0v) is 12.1. The highest BCUT2D eigenvalue weighted by molar-refractivity contribution is 6.48. The predicted octanol–water partition coefficient (Wildman–Crippen LogP) is 1.62. The van der Waals surface area contributed by atoms with Crippen molar-refractivity contribution in [1.29, 1.82) is 0 Å². The molecule has 2 heterocycles. The van der Waals surface area contributed by atoms with E-state index in [4.69, 9.17) is 9.57 Å². The van der Waals surface area contributed by atoms with Gasteiger partial charge >= 0.3 is 0 Å². The molecule has 3 rings (SSSR count). The van der Waals surface area contributed by atoms with Gasteiger partial charge in [-0.25, -0.2) is 9.97 Å². The second-order valence-corrected chi connectivity index (χ2v) is 4.43. The summed E-state index contributed by atoms with van der Waals surface area (Å²) in [5.41, 5.74) is 1.38. The lowest BCUT2D eigenvalue weighted by Crippen LogP contribution is -2.28. The van der Waals surface area contributed by atoms with Crippen LogP contribution in [0.3, 0.4) is 0 Å². The lowest BCUT2D eigenvalue weighted by atomic mass is 10.1. The molecule has 1 aromatic heterocycles. The number of nitrogens with zero attached hydrogens (tertiary/aromatic N) is 4. The molecule has 0 radical (unpaired) electrons. The fourth-order valence-electron chi connectivity index (χ4n) is 2.07. The van der Waals surface area contributed by atoms with E-state index >= 15 is 0 Å². The third-order valence-corrected chi connectivity index (χ3v) is 2.99. The standard InChI is InChI=1S/C15H15N5O2/c1-21-20-14(15-17-8-9-18-15)11-4-2-3-5-12(11)22-13-6-7-16-10-19-13/h2-7,10H,8-9H2,1H3,(H,17,18)/b20-14+. The average molecular weight is 297 g/mol. The van der Waals surface area contributed by atoms with E-state index in [0.29, 0.717) is 29.7 Å². The third kappa shape index (κ3) is 3.03. The van der Waals surface area contributed by atoms with Crippen molar-refractivity contribution in [2.75, 3.05) is 20.2 Å². The number of para-hydroxylation sites is 1. The summed E-state index contributed by atoms with van der Waals surface area (Å²) in [5.74, 6) is 1.77. The SMILES string of the molecule is CO/N=C(/C1=NCCN1)c1ccccc1Oc1ccncn1. The van der Waals surface area contributed by atoms with Crippen LogP contribution in [0.15, 0.2) is 53.0 Å². The zero-order chi connectivity index (χ0) is 15.2. The summed E-state index contributed by atoms with van der Waals surface area (Å²) < 4.78 is 5.83. The Bertz CT molecular complexity index is 700. The third-order valence-electron chi connectivity index (χ3n) is 2.99. The van der Waals surface area contributed by atoms with Crippen molar-refractivity contribution in [2.45, 2.75) is 0 Å². The predicted molar refractivity (Wildman–Crippen MR) is 82.4 cm³/mol. The molecule has 0 saturated carbocycles. The van der Waals surface area contributed by atoms with Gasteiger partial charge in [0.15, 0.2) is 11.5 Å².